The second-order valence-electron chi connectivity index (χ2n) is 5.37. The minimum absolute atomic E-state index is 0.101. The molecule has 0 fully saturated rings. The van der Waals surface area contributed by atoms with Crippen LogP contribution < -0.4 is 15.1 Å². The molecule has 0 radical (unpaired) electrons. The van der Waals surface area contributed by atoms with Crippen molar-refractivity contribution in [3.63, 3.8) is 0 Å². The number of carbonyl (C=O) groups is 1. The molecule has 22 heavy (non-hydrogen) atoms. The van der Waals surface area contributed by atoms with Crippen molar-refractivity contribution in [3.8, 4) is 0 Å². The quantitative estimate of drug-likeness (QED) is 0.938. The number of fused-ring (bicyclic) bond motifs is 1. The number of benzene rings is 1. The van der Waals surface area contributed by atoms with Crippen LogP contribution in [0.2, 0.25) is 0 Å². The molecule has 116 valence electrons. The fraction of sp³-hybridized carbons (Fsp3) is 0.375. The first-order chi connectivity index (χ1) is 10.7. The number of amides is 1. The number of nitrogens with zero attached hydrogens (tertiary/aromatic N) is 3. The number of hydrogen-bond acceptors (Lipinski definition) is 5. The highest BCUT2D eigenvalue weighted by Gasteiger charge is 2.23. The monoisotopic (exact) mass is 300 g/mol. The number of para-hydroxylation sites is 2. The summed E-state index contributed by atoms with van der Waals surface area (Å²) in [6.45, 7) is 6.98. The fourth-order valence-electron chi connectivity index (χ4n) is 2.75. The Morgan fingerprint density at radius 3 is 2.59 bits per heavy atom. The van der Waals surface area contributed by atoms with Gasteiger partial charge in [0.1, 0.15) is 0 Å². The van der Waals surface area contributed by atoms with Crippen molar-refractivity contribution in [3.05, 3.63) is 36.0 Å². The third-order valence-corrected chi connectivity index (χ3v) is 3.81. The molecule has 1 aromatic carbocycles. The number of rotatable bonds is 4. The minimum Gasteiger partial charge on any atom is -0.368 e. The van der Waals surface area contributed by atoms with Gasteiger partial charge in [0.05, 0.1) is 23.6 Å². The van der Waals surface area contributed by atoms with Gasteiger partial charge in [-0.25, -0.2) is 0 Å². The van der Waals surface area contributed by atoms with Crippen molar-refractivity contribution in [2.75, 3.05) is 41.3 Å². The number of anilines is 3. The van der Waals surface area contributed by atoms with E-state index >= 15 is 0 Å². The standard InChI is InChI=1S/C16H20N4O2/c1-3-19-8-9-20(14-7-5-4-6-13(14)19)11-15(21)17-16-10-12(2)18-22-16/h4-7,10H,3,8-9,11H2,1-2H3,(H,17,21). The molecule has 1 aliphatic heterocycles. The van der Waals surface area contributed by atoms with Crippen molar-refractivity contribution >= 4 is 23.2 Å². The van der Waals surface area contributed by atoms with Crippen LogP contribution in [0.4, 0.5) is 17.3 Å². The first kappa shape index (κ1) is 14.4. The van der Waals surface area contributed by atoms with Gasteiger partial charge in [-0.1, -0.05) is 17.3 Å². The maximum atomic E-state index is 12.2. The lowest BCUT2D eigenvalue weighted by Crippen LogP contribution is -2.44. The summed E-state index contributed by atoms with van der Waals surface area (Å²) in [7, 11) is 0. The summed E-state index contributed by atoms with van der Waals surface area (Å²) in [6.07, 6.45) is 0. The summed E-state index contributed by atoms with van der Waals surface area (Å²) in [5, 5.41) is 6.51. The van der Waals surface area contributed by atoms with Gasteiger partial charge in [-0.2, -0.15) is 0 Å². The average molecular weight is 300 g/mol. The third kappa shape index (κ3) is 2.90. The van der Waals surface area contributed by atoms with E-state index in [1.54, 1.807) is 6.07 Å². The molecule has 1 N–H and O–H groups in total. The average Bonchev–Trinajstić information content (AvgIpc) is 2.92. The molecule has 0 spiro atoms. The molecule has 2 aromatic rings. The van der Waals surface area contributed by atoms with Crippen molar-refractivity contribution in [2.45, 2.75) is 13.8 Å². The minimum atomic E-state index is -0.101. The van der Waals surface area contributed by atoms with Gasteiger partial charge in [-0.3, -0.25) is 10.1 Å². The normalized spacial score (nSPS) is 13.9. The second-order valence-corrected chi connectivity index (χ2v) is 5.37. The Labute approximate surface area is 129 Å². The van der Waals surface area contributed by atoms with E-state index in [0.29, 0.717) is 12.4 Å². The van der Waals surface area contributed by atoms with Gasteiger partial charge in [0, 0.05) is 25.7 Å². The molecule has 0 bridgehead atoms. The van der Waals surface area contributed by atoms with E-state index in [2.05, 4.69) is 39.3 Å². The Morgan fingerprint density at radius 2 is 1.95 bits per heavy atom. The molecule has 0 atom stereocenters. The molecular formula is C16H20N4O2. The molecule has 1 amide bonds. The lowest BCUT2D eigenvalue weighted by Gasteiger charge is -2.38. The summed E-state index contributed by atoms with van der Waals surface area (Å²) in [4.78, 5) is 16.6. The first-order valence-electron chi connectivity index (χ1n) is 7.49. The fourth-order valence-corrected chi connectivity index (χ4v) is 2.75. The van der Waals surface area contributed by atoms with Crippen LogP contribution in [0, 0.1) is 6.92 Å². The van der Waals surface area contributed by atoms with Gasteiger partial charge < -0.3 is 14.3 Å². The van der Waals surface area contributed by atoms with Crippen molar-refractivity contribution in [2.24, 2.45) is 0 Å². The topological polar surface area (TPSA) is 61.6 Å². The number of nitrogens with one attached hydrogen (secondary N) is 1. The van der Waals surface area contributed by atoms with Crippen LogP contribution in [-0.2, 0) is 4.79 Å². The first-order valence-corrected chi connectivity index (χ1v) is 7.49. The van der Waals surface area contributed by atoms with E-state index in [1.807, 2.05) is 19.1 Å². The smallest absolute Gasteiger partial charge is 0.246 e. The van der Waals surface area contributed by atoms with E-state index in [0.717, 1.165) is 31.0 Å². The number of hydrogen-bond donors (Lipinski definition) is 1. The highest BCUT2D eigenvalue weighted by molar-refractivity contribution is 5.94. The largest absolute Gasteiger partial charge is 0.368 e. The Kier molecular flexibility index (Phi) is 4.00. The molecule has 0 unspecified atom stereocenters. The van der Waals surface area contributed by atoms with E-state index in [9.17, 15) is 4.79 Å². The van der Waals surface area contributed by atoms with Gasteiger partial charge in [0.15, 0.2) is 0 Å². The molecular weight excluding hydrogens is 280 g/mol. The molecule has 0 saturated heterocycles. The Bertz CT molecular complexity index is 668. The van der Waals surface area contributed by atoms with Crippen LogP contribution in [-0.4, -0.2) is 37.2 Å². The molecule has 6 heteroatoms. The maximum absolute atomic E-state index is 12.2. The van der Waals surface area contributed by atoms with Gasteiger partial charge in [0.2, 0.25) is 11.8 Å². The van der Waals surface area contributed by atoms with E-state index in [1.165, 1.54) is 5.69 Å². The Hall–Kier alpha value is -2.50. The van der Waals surface area contributed by atoms with Crippen molar-refractivity contribution < 1.29 is 9.32 Å². The Morgan fingerprint density at radius 1 is 1.27 bits per heavy atom. The second kappa shape index (κ2) is 6.09. The van der Waals surface area contributed by atoms with Crippen LogP contribution >= 0.6 is 0 Å². The summed E-state index contributed by atoms with van der Waals surface area (Å²) >= 11 is 0. The maximum Gasteiger partial charge on any atom is 0.246 e. The highest BCUT2D eigenvalue weighted by atomic mass is 16.5. The predicted octanol–water partition coefficient (Wildman–Crippen LogP) is 2.27. The zero-order valence-electron chi connectivity index (χ0n) is 12.9. The van der Waals surface area contributed by atoms with Crippen molar-refractivity contribution in [1.29, 1.82) is 0 Å². The molecule has 3 rings (SSSR count). The lowest BCUT2D eigenvalue weighted by molar-refractivity contribution is -0.115. The SMILES string of the molecule is CCN1CCN(CC(=O)Nc2cc(C)no2)c2ccccc21. The van der Waals surface area contributed by atoms with Gasteiger partial charge in [0.25, 0.3) is 0 Å². The summed E-state index contributed by atoms with van der Waals surface area (Å²) in [5.41, 5.74) is 3.02. The number of carbonyl (C=O) groups excluding carboxylic acids is 1. The molecule has 1 aromatic heterocycles. The van der Waals surface area contributed by atoms with Crippen LogP contribution in [0.3, 0.4) is 0 Å². The highest BCUT2D eigenvalue weighted by Crippen LogP contribution is 2.32. The lowest BCUT2D eigenvalue weighted by atomic mass is 10.1. The number of likely N-dealkylation sites (N-methyl/N-ethyl adjacent to an activating group) is 1. The van der Waals surface area contributed by atoms with Gasteiger partial charge in [-0.15, -0.1) is 0 Å². The van der Waals surface area contributed by atoms with E-state index in [4.69, 9.17) is 4.52 Å². The van der Waals surface area contributed by atoms with Gasteiger partial charge in [-0.05, 0) is 26.0 Å². The summed E-state index contributed by atoms with van der Waals surface area (Å²) in [6, 6.07) is 9.90. The zero-order chi connectivity index (χ0) is 15.5. The van der Waals surface area contributed by atoms with Crippen LogP contribution in [0.5, 0.6) is 0 Å². The summed E-state index contributed by atoms with van der Waals surface area (Å²) < 4.78 is 5.02. The molecule has 1 aliphatic rings. The van der Waals surface area contributed by atoms with Crippen LogP contribution in [0.1, 0.15) is 12.6 Å². The number of aryl methyl sites for hydroxylation is 1. The van der Waals surface area contributed by atoms with Crippen LogP contribution in [0.15, 0.2) is 34.9 Å². The zero-order valence-corrected chi connectivity index (χ0v) is 12.9. The molecule has 0 aliphatic carbocycles. The van der Waals surface area contributed by atoms with Crippen LogP contribution in [0.25, 0.3) is 0 Å². The van der Waals surface area contributed by atoms with E-state index in [-0.39, 0.29) is 5.91 Å². The predicted molar refractivity (Wildman–Crippen MR) is 86.4 cm³/mol. The van der Waals surface area contributed by atoms with Crippen molar-refractivity contribution in [1.82, 2.24) is 5.16 Å². The summed E-state index contributed by atoms with van der Waals surface area (Å²) in [5.74, 6) is 0.291. The molecule has 0 saturated carbocycles. The number of aromatic nitrogens is 1. The molecule has 2 heterocycles. The Balaban J connectivity index is 1.71. The van der Waals surface area contributed by atoms with E-state index < -0.39 is 0 Å². The molecule has 6 nitrogen and oxygen atoms in total. The third-order valence-electron chi connectivity index (χ3n) is 3.81. The van der Waals surface area contributed by atoms with Gasteiger partial charge >= 0.3 is 0 Å².